The van der Waals surface area contributed by atoms with Gasteiger partial charge in [0, 0.05) is 37.8 Å². The smallest absolute Gasteiger partial charge is 0.311 e. The molecule has 6 heteroatoms. The molecule has 138 valence electrons. The minimum atomic E-state index is -0.675. The van der Waals surface area contributed by atoms with Crippen molar-refractivity contribution in [2.24, 2.45) is 11.3 Å². The van der Waals surface area contributed by atoms with E-state index in [1.54, 1.807) is 6.26 Å². The molecule has 2 aliphatic heterocycles. The molecule has 2 atom stereocenters. The first-order valence-corrected chi connectivity index (χ1v) is 9.23. The van der Waals surface area contributed by atoms with Crippen LogP contribution in [0.15, 0.2) is 41.0 Å². The second-order valence-corrected chi connectivity index (χ2v) is 7.59. The topological polar surface area (TPSA) is 69.8 Å². The minimum absolute atomic E-state index is 0.0831. The van der Waals surface area contributed by atoms with Crippen molar-refractivity contribution >= 4 is 11.8 Å². The highest BCUT2D eigenvalue weighted by Crippen LogP contribution is 2.43. The van der Waals surface area contributed by atoms with Crippen LogP contribution in [0.25, 0.3) is 0 Å². The number of likely N-dealkylation sites (tertiary alicyclic amines) is 1. The van der Waals surface area contributed by atoms with Gasteiger partial charge in [0.1, 0.15) is 11.6 Å². The van der Waals surface area contributed by atoms with E-state index in [-0.39, 0.29) is 5.92 Å². The van der Waals surface area contributed by atoms with Crippen LogP contribution in [0.2, 0.25) is 0 Å². The molecule has 0 aromatic carbocycles. The van der Waals surface area contributed by atoms with Crippen molar-refractivity contribution < 1.29 is 14.3 Å². The summed E-state index contributed by atoms with van der Waals surface area (Å²) >= 11 is 0. The summed E-state index contributed by atoms with van der Waals surface area (Å²) in [5, 5.41) is 10.1. The van der Waals surface area contributed by atoms with Gasteiger partial charge in [-0.25, -0.2) is 4.98 Å². The standard InChI is InChI=1S/C20H25N3O3/c1-15-5-2-7-18(21-15)23-9-4-8-20(19(24)25)14-22(11-16(20)12-23)13-17-6-3-10-26-17/h2-3,5-7,10,16H,4,8-9,11-14H2,1H3,(H,24,25)/t16-,20+/m0/s1. The average molecular weight is 355 g/mol. The van der Waals surface area contributed by atoms with Gasteiger partial charge in [0.2, 0.25) is 0 Å². The van der Waals surface area contributed by atoms with E-state index in [9.17, 15) is 9.90 Å². The molecule has 0 spiro atoms. The van der Waals surface area contributed by atoms with E-state index >= 15 is 0 Å². The molecular weight excluding hydrogens is 330 g/mol. The van der Waals surface area contributed by atoms with Gasteiger partial charge in [0.15, 0.2) is 0 Å². The van der Waals surface area contributed by atoms with Crippen LogP contribution in [0, 0.1) is 18.3 Å². The molecule has 4 rings (SSSR count). The van der Waals surface area contributed by atoms with Gasteiger partial charge in [0.05, 0.1) is 18.2 Å². The van der Waals surface area contributed by atoms with Crippen molar-refractivity contribution in [2.75, 3.05) is 31.1 Å². The molecule has 1 N–H and O–H groups in total. The molecular formula is C20H25N3O3. The zero-order valence-electron chi connectivity index (χ0n) is 15.1. The van der Waals surface area contributed by atoms with Crippen LogP contribution in [0.4, 0.5) is 5.82 Å². The van der Waals surface area contributed by atoms with Crippen LogP contribution in [0.3, 0.4) is 0 Å². The summed E-state index contributed by atoms with van der Waals surface area (Å²) < 4.78 is 5.46. The summed E-state index contributed by atoms with van der Waals surface area (Å²) in [5.41, 5.74) is 0.313. The van der Waals surface area contributed by atoms with Crippen LogP contribution >= 0.6 is 0 Å². The third-order valence-corrected chi connectivity index (χ3v) is 5.84. The number of anilines is 1. The first-order valence-electron chi connectivity index (χ1n) is 9.23. The van der Waals surface area contributed by atoms with Crippen LogP contribution in [-0.2, 0) is 11.3 Å². The Morgan fingerprint density at radius 3 is 2.96 bits per heavy atom. The van der Waals surface area contributed by atoms with E-state index in [1.165, 1.54) is 0 Å². The summed E-state index contributed by atoms with van der Waals surface area (Å²) in [6.45, 7) is 5.61. The molecule has 0 bridgehead atoms. The number of aromatic nitrogens is 1. The van der Waals surface area contributed by atoms with Gasteiger partial charge in [-0.2, -0.15) is 0 Å². The normalized spacial score (nSPS) is 26.5. The highest BCUT2D eigenvalue weighted by molar-refractivity contribution is 5.76. The number of pyridine rings is 1. The Kier molecular flexibility index (Phi) is 4.44. The predicted molar refractivity (Wildman–Crippen MR) is 98.0 cm³/mol. The van der Waals surface area contributed by atoms with Crippen LogP contribution in [0.1, 0.15) is 24.3 Å². The van der Waals surface area contributed by atoms with Crippen molar-refractivity contribution in [1.29, 1.82) is 0 Å². The Balaban J connectivity index is 1.57. The maximum Gasteiger partial charge on any atom is 0.311 e. The maximum absolute atomic E-state index is 12.3. The molecule has 0 radical (unpaired) electrons. The van der Waals surface area contributed by atoms with Gasteiger partial charge in [-0.05, 0) is 44.0 Å². The van der Waals surface area contributed by atoms with Crippen molar-refractivity contribution in [1.82, 2.24) is 9.88 Å². The monoisotopic (exact) mass is 355 g/mol. The second kappa shape index (κ2) is 6.76. The number of rotatable bonds is 4. The number of carboxylic acid groups (broad SMARTS) is 1. The molecule has 2 aliphatic rings. The predicted octanol–water partition coefficient (Wildman–Crippen LogP) is 2.79. The number of hydrogen-bond acceptors (Lipinski definition) is 5. The van der Waals surface area contributed by atoms with Gasteiger partial charge < -0.3 is 14.4 Å². The molecule has 0 saturated carbocycles. The van der Waals surface area contributed by atoms with E-state index < -0.39 is 11.4 Å². The van der Waals surface area contributed by atoms with Crippen molar-refractivity contribution in [2.45, 2.75) is 26.3 Å². The quantitative estimate of drug-likeness (QED) is 0.909. The summed E-state index contributed by atoms with van der Waals surface area (Å²) in [5.74, 6) is 1.26. The van der Waals surface area contributed by atoms with Crippen LogP contribution in [-0.4, -0.2) is 47.1 Å². The first-order chi connectivity index (χ1) is 12.6. The summed E-state index contributed by atoms with van der Waals surface area (Å²) in [7, 11) is 0. The molecule has 0 amide bonds. The third-order valence-electron chi connectivity index (χ3n) is 5.84. The number of carbonyl (C=O) groups is 1. The highest BCUT2D eigenvalue weighted by atomic mass is 16.4. The third kappa shape index (κ3) is 3.09. The molecule has 2 saturated heterocycles. The Morgan fingerprint density at radius 2 is 2.23 bits per heavy atom. The zero-order chi connectivity index (χ0) is 18.1. The number of aryl methyl sites for hydroxylation is 1. The Hall–Kier alpha value is -2.34. The lowest BCUT2D eigenvalue weighted by Gasteiger charge is -2.30. The summed E-state index contributed by atoms with van der Waals surface area (Å²) in [4.78, 5) is 21.4. The molecule has 2 aromatic rings. The van der Waals surface area contributed by atoms with E-state index in [4.69, 9.17) is 4.42 Å². The molecule has 0 unspecified atom stereocenters. The molecule has 2 aromatic heterocycles. The van der Waals surface area contributed by atoms with Crippen LogP contribution < -0.4 is 4.90 Å². The fraction of sp³-hybridized carbons (Fsp3) is 0.500. The molecule has 26 heavy (non-hydrogen) atoms. The van der Waals surface area contributed by atoms with Gasteiger partial charge in [-0.3, -0.25) is 9.69 Å². The summed E-state index contributed by atoms with van der Waals surface area (Å²) in [6, 6.07) is 9.86. The van der Waals surface area contributed by atoms with E-state index in [1.807, 2.05) is 37.3 Å². The lowest BCUT2D eigenvalue weighted by atomic mass is 9.75. The number of nitrogens with zero attached hydrogens (tertiary/aromatic N) is 3. The highest BCUT2D eigenvalue weighted by Gasteiger charge is 2.53. The van der Waals surface area contributed by atoms with E-state index in [0.29, 0.717) is 19.5 Å². The Labute approximate surface area is 153 Å². The molecule has 6 nitrogen and oxygen atoms in total. The fourth-order valence-corrected chi connectivity index (χ4v) is 4.54. The number of hydrogen-bond donors (Lipinski definition) is 1. The van der Waals surface area contributed by atoms with Crippen molar-refractivity contribution in [3.8, 4) is 0 Å². The Morgan fingerprint density at radius 1 is 1.35 bits per heavy atom. The van der Waals surface area contributed by atoms with Gasteiger partial charge in [-0.1, -0.05) is 6.07 Å². The van der Waals surface area contributed by atoms with Gasteiger partial charge in [-0.15, -0.1) is 0 Å². The summed E-state index contributed by atoms with van der Waals surface area (Å²) in [6.07, 6.45) is 3.25. The average Bonchev–Trinajstić information content (AvgIpc) is 3.19. The van der Waals surface area contributed by atoms with E-state index in [0.717, 1.165) is 43.3 Å². The van der Waals surface area contributed by atoms with Gasteiger partial charge >= 0.3 is 5.97 Å². The minimum Gasteiger partial charge on any atom is -0.481 e. The number of aliphatic carboxylic acids is 1. The van der Waals surface area contributed by atoms with Crippen molar-refractivity contribution in [3.63, 3.8) is 0 Å². The number of carboxylic acids is 1. The SMILES string of the molecule is Cc1cccc(N2CCC[C@@]3(C(=O)O)CN(Cc4ccco4)C[C@H]3C2)n1. The fourth-order valence-electron chi connectivity index (χ4n) is 4.54. The second-order valence-electron chi connectivity index (χ2n) is 7.59. The molecule has 0 aliphatic carbocycles. The lowest BCUT2D eigenvalue weighted by Crippen LogP contribution is -2.41. The van der Waals surface area contributed by atoms with Gasteiger partial charge in [0.25, 0.3) is 0 Å². The van der Waals surface area contributed by atoms with Crippen molar-refractivity contribution in [3.05, 3.63) is 48.0 Å². The molecule has 4 heterocycles. The molecule has 2 fully saturated rings. The lowest BCUT2D eigenvalue weighted by molar-refractivity contribution is -0.150. The largest absolute Gasteiger partial charge is 0.481 e. The Bertz CT molecular complexity index is 776. The zero-order valence-corrected chi connectivity index (χ0v) is 15.1. The number of fused-ring (bicyclic) bond motifs is 1. The number of furan rings is 1. The maximum atomic E-state index is 12.3. The van der Waals surface area contributed by atoms with Crippen LogP contribution in [0.5, 0.6) is 0 Å². The first kappa shape index (κ1) is 17.1. The van der Waals surface area contributed by atoms with E-state index in [2.05, 4.69) is 14.8 Å².